The van der Waals surface area contributed by atoms with Gasteiger partial charge in [0.1, 0.15) is 0 Å². The van der Waals surface area contributed by atoms with Crippen molar-refractivity contribution in [2.45, 2.75) is 32.9 Å². The highest BCUT2D eigenvalue weighted by Crippen LogP contribution is 2.21. The summed E-state index contributed by atoms with van der Waals surface area (Å²) in [5, 5.41) is 6.53. The van der Waals surface area contributed by atoms with Gasteiger partial charge in [-0.3, -0.25) is 0 Å². The van der Waals surface area contributed by atoms with Crippen LogP contribution >= 0.6 is 0 Å². The first-order chi connectivity index (χ1) is 7.10. The lowest BCUT2D eigenvalue weighted by Crippen LogP contribution is -2.29. The lowest BCUT2D eigenvalue weighted by molar-refractivity contribution is 0.517. The lowest BCUT2D eigenvalue weighted by atomic mass is 9.96. The first-order valence-corrected chi connectivity index (χ1v) is 5.55. The molecule has 0 aliphatic rings. The molecule has 84 valence electrons. The maximum absolute atomic E-state index is 3.26. The maximum Gasteiger partial charge on any atom is 0.0833 e. The molecule has 0 bridgehead atoms. The van der Waals surface area contributed by atoms with Crippen molar-refractivity contribution in [1.82, 2.24) is 10.6 Å². The van der Waals surface area contributed by atoms with Gasteiger partial charge in [0.05, 0.1) is 6.17 Å². The normalized spacial score (nSPS) is 11.4. The quantitative estimate of drug-likeness (QED) is 0.740. The second kappa shape index (κ2) is 5.29. The van der Waals surface area contributed by atoms with Crippen LogP contribution in [0.2, 0.25) is 0 Å². The first kappa shape index (κ1) is 12.2. The molecule has 1 aromatic rings. The minimum absolute atomic E-state index is 0.240. The number of hydrogen-bond donors (Lipinski definition) is 2. The Kier molecular flexibility index (Phi) is 4.30. The van der Waals surface area contributed by atoms with Crippen molar-refractivity contribution in [3.8, 4) is 0 Å². The van der Waals surface area contributed by atoms with E-state index in [1.165, 1.54) is 16.7 Å². The Morgan fingerprint density at radius 3 is 2.13 bits per heavy atom. The van der Waals surface area contributed by atoms with E-state index in [1.807, 2.05) is 14.1 Å². The Labute approximate surface area is 93.1 Å². The molecule has 0 radical (unpaired) electrons. The predicted molar refractivity (Wildman–Crippen MR) is 66.1 cm³/mol. The number of rotatable bonds is 4. The Morgan fingerprint density at radius 1 is 1.07 bits per heavy atom. The molecule has 0 fully saturated rings. The fourth-order valence-corrected chi connectivity index (χ4v) is 1.78. The third kappa shape index (κ3) is 2.80. The Balaban J connectivity index is 3.09. The smallest absolute Gasteiger partial charge is 0.0833 e. The molecule has 0 amide bonds. The van der Waals surface area contributed by atoms with E-state index in [9.17, 15) is 0 Å². The van der Waals surface area contributed by atoms with Gasteiger partial charge in [-0.2, -0.15) is 0 Å². The minimum Gasteiger partial charge on any atom is -0.301 e. The van der Waals surface area contributed by atoms with E-state index in [4.69, 9.17) is 0 Å². The molecule has 0 saturated carbocycles. The molecule has 0 heterocycles. The lowest BCUT2D eigenvalue weighted by Gasteiger charge is -2.20. The van der Waals surface area contributed by atoms with Gasteiger partial charge < -0.3 is 10.6 Å². The summed E-state index contributed by atoms with van der Waals surface area (Å²) in [5.74, 6) is 0.582. The molecule has 15 heavy (non-hydrogen) atoms. The fraction of sp³-hybridized carbons (Fsp3) is 0.538. The predicted octanol–water partition coefficient (Wildman–Crippen LogP) is 2.56. The number of aryl methyl sites for hydroxylation is 1. The molecule has 2 N–H and O–H groups in total. The molecule has 2 nitrogen and oxygen atoms in total. The molecule has 0 atom stereocenters. The average molecular weight is 206 g/mol. The number of hydrogen-bond acceptors (Lipinski definition) is 2. The molecule has 0 aromatic heterocycles. The monoisotopic (exact) mass is 206 g/mol. The summed E-state index contributed by atoms with van der Waals surface area (Å²) in [6.07, 6.45) is 0.240. The highest BCUT2D eigenvalue weighted by atomic mass is 15.1. The third-order valence-corrected chi connectivity index (χ3v) is 2.86. The van der Waals surface area contributed by atoms with Crippen LogP contribution in [0.15, 0.2) is 18.2 Å². The molecule has 0 aliphatic heterocycles. The summed E-state index contributed by atoms with van der Waals surface area (Å²) in [7, 11) is 3.95. The molecule has 2 heteroatoms. The van der Waals surface area contributed by atoms with Gasteiger partial charge in [0.2, 0.25) is 0 Å². The zero-order chi connectivity index (χ0) is 11.4. The summed E-state index contributed by atoms with van der Waals surface area (Å²) in [6.45, 7) is 6.60. The van der Waals surface area contributed by atoms with Gasteiger partial charge >= 0.3 is 0 Å². The van der Waals surface area contributed by atoms with Crippen LogP contribution in [0.3, 0.4) is 0 Å². The standard InChI is InChI=1S/C13H22N2/c1-9(2)11-7-6-10(3)12(8-11)13(14-4)15-5/h6-9,13-15H,1-5H3. The van der Waals surface area contributed by atoms with E-state index in [1.54, 1.807) is 0 Å². The highest BCUT2D eigenvalue weighted by Gasteiger charge is 2.10. The topological polar surface area (TPSA) is 24.1 Å². The van der Waals surface area contributed by atoms with Gasteiger partial charge in [-0.1, -0.05) is 32.0 Å². The second-order valence-electron chi connectivity index (χ2n) is 4.28. The van der Waals surface area contributed by atoms with Crippen molar-refractivity contribution in [3.05, 3.63) is 34.9 Å². The van der Waals surface area contributed by atoms with Crippen LogP contribution in [0, 0.1) is 6.92 Å². The first-order valence-electron chi connectivity index (χ1n) is 5.55. The molecule has 0 spiro atoms. The summed E-state index contributed by atoms with van der Waals surface area (Å²) in [5.41, 5.74) is 4.06. The van der Waals surface area contributed by atoms with Gasteiger partial charge in [-0.05, 0) is 43.6 Å². The molecule has 1 aromatic carbocycles. The zero-order valence-electron chi connectivity index (χ0n) is 10.4. The van der Waals surface area contributed by atoms with Crippen LogP contribution < -0.4 is 10.6 Å². The van der Waals surface area contributed by atoms with Gasteiger partial charge in [0, 0.05) is 0 Å². The molecular weight excluding hydrogens is 184 g/mol. The SMILES string of the molecule is CNC(NC)c1cc(C(C)C)ccc1C. The van der Waals surface area contributed by atoms with Crippen LogP contribution in [0.4, 0.5) is 0 Å². The largest absolute Gasteiger partial charge is 0.301 e. The van der Waals surface area contributed by atoms with Crippen LogP contribution in [0.1, 0.15) is 42.6 Å². The number of benzene rings is 1. The third-order valence-electron chi connectivity index (χ3n) is 2.86. The van der Waals surface area contributed by atoms with Gasteiger partial charge in [-0.25, -0.2) is 0 Å². The van der Waals surface area contributed by atoms with Crippen LogP contribution in [-0.2, 0) is 0 Å². The van der Waals surface area contributed by atoms with Crippen molar-refractivity contribution in [2.75, 3.05) is 14.1 Å². The number of nitrogens with one attached hydrogen (secondary N) is 2. The van der Waals surface area contributed by atoms with Crippen LogP contribution in [0.25, 0.3) is 0 Å². The highest BCUT2D eigenvalue weighted by molar-refractivity contribution is 5.34. The van der Waals surface area contributed by atoms with Crippen molar-refractivity contribution in [1.29, 1.82) is 0 Å². The fourth-order valence-electron chi connectivity index (χ4n) is 1.78. The van der Waals surface area contributed by atoms with Crippen molar-refractivity contribution < 1.29 is 0 Å². The van der Waals surface area contributed by atoms with Crippen molar-refractivity contribution >= 4 is 0 Å². The Morgan fingerprint density at radius 2 is 1.67 bits per heavy atom. The summed E-state index contributed by atoms with van der Waals surface area (Å²) in [4.78, 5) is 0. The van der Waals surface area contributed by atoms with Crippen molar-refractivity contribution in [2.24, 2.45) is 0 Å². The van der Waals surface area contributed by atoms with E-state index in [2.05, 4.69) is 49.6 Å². The van der Waals surface area contributed by atoms with E-state index < -0.39 is 0 Å². The molecular formula is C13H22N2. The Bertz CT molecular complexity index is 314. The summed E-state index contributed by atoms with van der Waals surface area (Å²) >= 11 is 0. The van der Waals surface area contributed by atoms with Crippen LogP contribution in [0.5, 0.6) is 0 Å². The molecule has 0 aliphatic carbocycles. The van der Waals surface area contributed by atoms with E-state index in [-0.39, 0.29) is 6.17 Å². The summed E-state index contributed by atoms with van der Waals surface area (Å²) < 4.78 is 0. The Hall–Kier alpha value is -0.860. The average Bonchev–Trinajstić information content (AvgIpc) is 2.22. The van der Waals surface area contributed by atoms with Gasteiger partial charge in [-0.15, -0.1) is 0 Å². The van der Waals surface area contributed by atoms with Gasteiger partial charge in [0.15, 0.2) is 0 Å². The van der Waals surface area contributed by atoms with Crippen LogP contribution in [-0.4, -0.2) is 14.1 Å². The minimum atomic E-state index is 0.240. The van der Waals surface area contributed by atoms with E-state index >= 15 is 0 Å². The molecule has 0 saturated heterocycles. The zero-order valence-corrected chi connectivity index (χ0v) is 10.4. The molecule has 1 rings (SSSR count). The maximum atomic E-state index is 3.26. The van der Waals surface area contributed by atoms with Gasteiger partial charge in [0.25, 0.3) is 0 Å². The van der Waals surface area contributed by atoms with E-state index in [0.29, 0.717) is 5.92 Å². The van der Waals surface area contributed by atoms with Crippen molar-refractivity contribution in [3.63, 3.8) is 0 Å². The molecule has 0 unspecified atom stereocenters. The second-order valence-corrected chi connectivity index (χ2v) is 4.28. The summed E-state index contributed by atoms with van der Waals surface area (Å²) in [6, 6.07) is 6.70. The van der Waals surface area contributed by atoms with E-state index in [0.717, 1.165) is 0 Å².